The van der Waals surface area contributed by atoms with Crippen LogP contribution in [0.15, 0.2) is 24.3 Å². The molecule has 2 aliphatic heterocycles. The van der Waals surface area contributed by atoms with Crippen LogP contribution in [0.2, 0.25) is 5.02 Å². The molecule has 2 N–H and O–H groups in total. The minimum Gasteiger partial charge on any atom is -0.447 e. The Morgan fingerprint density at radius 1 is 1.03 bits per heavy atom. The molecule has 6 nitrogen and oxygen atoms in total. The van der Waals surface area contributed by atoms with Crippen molar-refractivity contribution in [1.29, 1.82) is 0 Å². The SMILES string of the molecule is NC(Cc1ccc(Cl)cc1)C(=O)N1CCC(CN2C(=O)OCC23CCCC3)(C2CCCCC2)CC1. The van der Waals surface area contributed by atoms with E-state index in [2.05, 4.69) is 4.90 Å². The topological polar surface area (TPSA) is 75.9 Å². The van der Waals surface area contributed by atoms with E-state index < -0.39 is 6.04 Å². The first-order chi connectivity index (χ1) is 16.9. The molecule has 4 fully saturated rings. The fraction of sp³-hybridized carbons (Fsp3) is 0.714. The van der Waals surface area contributed by atoms with Gasteiger partial charge < -0.3 is 15.4 Å². The minimum absolute atomic E-state index is 0.0324. The lowest BCUT2D eigenvalue weighted by Gasteiger charge is -2.51. The zero-order valence-electron chi connectivity index (χ0n) is 20.9. The average Bonchev–Trinajstić information content (AvgIpc) is 3.48. The highest BCUT2D eigenvalue weighted by Crippen LogP contribution is 2.49. The summed E-state index contributed by atoms with van der Waals surface area (Å²) in [4.78, 5) is 30.2. The molecule has 1 unspecified atom stereocenters. The Morgan fingerprint density at radius 2 is 1.69 bits per heavy atom. The van der Waals surface area contributed by atoms with Crippen LogP contribution < -0.4 is 5.73 Å². The van der Waals surface area contributed by atoms with E-state index in [0.29, 0.717) is 24.0 Å². The van der Waals surface area contributed by atoms with Gasteiger partial charge in [-0.15, -0.1) is 0 Å². The van der Waals surface area contributed by atoms with Gasteiger partial charge in [0.25, 0.3) is 0 Å². The van der Waals surface area contributed by atoms with Gasteiger partial charge in [0, 0.05) is 24.7 Å². The van der Waals surface area contributed by atoms with Crippen molar-refractivity contribution in [2.45, 2.75) is 88.6 Å². The number of rotatable bonds is 6. The van der Waals surface area contributed by atoms with Gasteiger partial charge in [-0.3, -0.25) is 9.69 Å². The number of ether oxygens (including phenoxy) is 1. The number of nitrogens with two attached hydrogens (primary N) is 1. The minimum atomic E-state index is -0.548. The number of cyclic esters (lactones) is 1. The summed E-state index contributed by atoms with van der Waals surface area (Å²) < 4.78 is 5.63. The first-order valence-corrected chi connectivity index (χ1v) is 14.0. The van der Waals surface area contributed by atoms with Crippen molar-refractivity contribution in [3.63, 3.8) is 0 Å². The maximum absolute atomic E-state index is 13.2. The second-order valence-electron chi connectivity index (χ2n) is 11.5. The first-order valence-electron chi connectivity index (χ1n) is 13.6. The molecule has 2 saturated carbocycles. The third-order valence-electron chi connectivity index (χ3n) is 9.49. The van der Waals surface area contributed by atoms with Crippen molar-refractivity contribution >= 4 is 23.6 Å². The summed E-state index contributed by atoms with van der Waals surface area (Å²) in [6, 6.07) is 7.01. The van der Waals surface area contributed by atoms with E-state index in [1.54, 1.807) is 0 Å². The zero-order chi connectivity index (χ0) is 24.5. The molecule has 4 aliphatic rings. The molecule has 1 aromatic carbocycles. The maximum atomic E-state index is 13.2. The van der Waals surface area contributed by atoms with E-state index in [0.717, 1.165) is 50.9 Å². The monoisotopic (exact) mass is 501 g/mol. The van der Waals surface area contributed by atoms with Crippen LogP contribution >= 0.6 is 11.6 Å². The molecular formula is C28H40ClN3O3. The van der Waals surface area contributed by atoms with Crippen molar-refractivity contribution < 1.29 is 14.3 Å². The summed E-state index contributed by atoms with van der Waals surface area (Å²) in [6.07, 6.45) is 13.1. The summed E-state index contributed by atoms with van der Waals surface area (Å²) in [7, 11) is 0. The van der Waals surface area contributed by atoms with Crippen LogP contribution in [0.4, 0.5) is 4.79 Å². The number of amides is 2. The molecule has 1 aromatic rings. The molecule has 1 spiro atoms. The highest BCUT2D eigenvalue weighted by molar-refractivity contribution is 6.30. The quantitative estimate of drug-likeness (QED) is 0.583. The summed E-state index contributed by atoms with van der Waals surface area (Å²) >= 11 is 5.99. The number of carbonyl (C=O) groups excluding carboxylic acids is 2. The summed E-state index contributed by atoms with van der Waals surface area (Å²) in [5.74, 6) is 0.646. The van der Waals surface area contributed by atoms with Gasteiger partial charge in [0.1, 0.15) is 6.61 Å². The van der Waals surface area contributed by atoms with Crippen LogP contribution in [0, 0.1) is 11.3 Å². The van der Waals surface area contributed by atoms with E-state index in [1.165, 1.54) is 44.9 Å². The number of likely N-dealkylation sites (tertiary alicyclic amines) is 1. The molecule has 35 heavy (non-hydrogen) atoms. The predicted octanol–water partition coefficient (Wildman–Crippen LogP) is 5.16. The lowest BCUT2D eigenvalue weighted by molar-refractivity contribution is -0.136. The van der Waals surface area contributed by atoms with Crippen molar-refractivity contribution in [2.75, 3.05) is 26.2 Å². The smallest absolute Gasteiger partial charge is 0.410 e. The molecule has 1 atom stereocenters. The second kappa shape index (κ2) is 10.3. The van der Waals surface area contributed by atoms with Crippen LogP contribution in [0.5, 0.6) is 0 Å². The zero-order valence-corrected chi connectivity index (χ0v) is 21.6. The number of halogens is 1. The van der Waals surface area contributed by atoms with Crippen LogP contribution in [0.25, 0.3) is 0 Å². The van der Waals surface area contributed by atoms with Crippen LogP contribution in [0.3, 0.4) is 0 Å². The van der Waals surface area contributed by atoms with Crippen LogP contribution in [0.1, 0.15) is 76.2 Å². The van der Waals surface area contributed by atoms with E-state index >= 15 is 0 Å². The van der Waals surface area contributed by atoms with Gasteiger partial charge in [0.05, 0.1) is 11.6 Å². The Bertz CT molecular complexity index is 901. The number of piperidine rings is 1. The Hall–Kier alpha value is -1.79. The first kappa shape index (κ1) is 24.9. The number of nitrogens with zero attached hydrogens (tertiary/aromatic N) is 2. The normalized spacial score (nSPS) is 25.1. The molecule has 0 aromatic heterocycles. The molecule has 0 bridgehead atoms. The van der Waals surface area contributed by atoms with Crippen molar-refractivity contribution in [3.05, 3.63) is 34.9 Å². The number of benzene rings is 1. The third kappa shape index (κ3) is 5.06. The van der Waals surface area contributed by atoms with Gasteiger partial charge in [0.15, 0.2) is 0 Å². The molecule has 2 saturated heterocycles. The largest absolute Gasteiger partial charge is 0.447 e. The average molecular weight is 502 g/mol. The van der Waals surface area contributed by atoms with Crippen molar-refractivity contribution in [2.24, 2.45) is 17.1 Å². The van der Waals surface area contributed by atoms with Gasteiger partial charge in [-0.2, -0.15) is 0 Å². The van der Waals surface area contributed by atoms with E-state index in [9.17, 15) is 9.59 Å². The second-order valence-corrected chi connectivity index (χ2v) is 12.0. The Balaban J connectivity index is 1.28. The van der Waals surface area contributed by atoms with Gasteiger partial charge in [0.2, 0.25) is 5.91 Å². The van der Waals surface area contributed by atoms with E-state index in [-0.39, 0.29) is 23.0 Å². The highest BCUT2D eigenvalue weighted by Gasteiger charge is 2.53. The molecule has 2 amide bonds. The van der Waals surface area contributed by atoms with Gasteiger partial charge >= 0.3 is 6.09 Å². The highest BCUT2D eigenvalue weighted by atomic mass is 35.5. The molecule has 2 heterocycles. The Kier molecular flexibility index (Phi) is 7.32. The number of carbonyl (C=O) groups is 2. The summed E-state index contributed by atoms with van der Waals surface area (Å²) in [5, 5.41) is 0.685. The van der Waals surface area contributed by atoms with E-state index in [1.807, 2.05) is 29.2 Å². The predicted molar refractivity (Wildman–Crippen MR) is 137 cm³/mol. The molecule has 7 heteroatoms. The molecular weight excluding hydrogens is 462 g/mol. The lowest BCUT2D eigenvalue weighted by atomic mass is 9.63. The molecule has 2 aliphatic carbocycles. The Labute approximate surface area is 214 Å². The molecule has 192 valence electrons. The van der Waals surface area contributed by atoms with Crippen molar-refractivity contribution in [3.8, 4) is 0 Å². The third-order valence-corrected chi connectivity index (χ3v) is 9.74. The van der Waals surface area contributed by atoms with Gasteiger partial charge in [-0.25, -0.2) is 4.79 Å². The number of hydrogen-bond acceptors (Lipinski definition) is 4. The number of hydrogen-bond donors (Lipinski definition) is 1. The fourth-order valence-electron chi connectivity index (χ4n) is 7.32. The maximum Gasteiger partial charge on any atom is 0.410 e. The lowest BCUT2D eigenvalue weighted by Crippen LogP contribution is -2.57. The van der Waals surface area contributed by atoms with Crippen LogP contribution in [-0.2, 0) is 16.0 Å². The Morgan fingerprint density at radius 3 is 2.34 bits per heavy atom. The fourth-order valence-corrected chi connectivity index (χ4v) is 7.45. The molecule has 5 rings (SSSR count). The van der Waals surface area contributed by atoms with Crippen LogP contribution in [-0.4, -0.2) is 59.6 Å². The van der Waals surface area contributed by atoms with Crippen molar-refractivity contribution in [1.82, 2.24) is 9.80 Å². The summed E-state index contributed by atoms with van der Waals surface area (Å²) in [6.45, 7) is 2.78. The standard InChI is InChI=1S/C28H40ClN3O3/c29-23-10-8-21(9-11-23)18-24(30)25(33)31-16-14-27(15-17-31,22-6-2-1-3-7-22)19-32-26(34)35-20-28(32)12-4-5-13-28/h8-11,22,24H,1-7,12-20,30H2. The van der Waals surface area contributed by atoms with Gasteiger partial charge in [-0.1, -0.05) is 55.8 Å². The van der Waals surface area contributed by atoms with E-state index in [4.69, 9.17) is 22.1 Å². The molecule has 0 radical (unpaired) electrons. The van der Waals surface area contributed by atoms with Gasteiger partial charge in [-0.05, 0) is 74.0 Å². The summed E-state index contributed by atoms with van der Waals surface area (Å²) in [5.41, 5.74) is 7.37.